The lowest BCUT2D eigenvalue weighted by Crippen LogP contribution is -2.29. The van der Waals surface area contributed by atoms with Crippen molar-refractivity contribution < 1.29 is 14.3 Å². The molecule has 0 saturated carbocycles. The van der Waals surface area contributed by atoms with Crippen LogP contribution in [0.3, 0.4) is 0 Å². The van der Waals surface area contributed by atoms with Crippen molar-refractivity contribution in [2.75, 3.05) is 12.0 Å². The van der Waals surface area contributed by atoms with Gasteiger partial charge in [-0.2, -0.15) is 5.10 Å². The van der Waals surface area contributed by atoms with Crippen LogP contribution in [-0.4, -0.2) is 39.1 Å². The molecule has 0 saturated heterocycles. The topological polar surface area (TPSA) is 101 Å². The van der Waals surface area contributed by atoms with E-state index in [0.29, 0.717) is 33.7 Å². The third-order valence-corrected chi connectivity index (χ3v) is 4.71. The number of carbonyl (C=O) groups excluding carboxylic acids is 2. The van der Waals surface area contributed by atoms with Crippen LogP contribution >= 0.6 is 0 Å². The van der Waals surface area contributed by atoms with Crippen molar-refractivity contribution in [3.8, 4) is 17.0 Å². The molecule has 0 unspecified atom stereocenters. The van der Waals surface area contributed by atoms with Gasteiger partial charge in [-0.1, -0.05) is 6.07 Å². The van der Waals surface area contributed by atoms with Crippen LogP contribution in [0.1, 0.15) is 20.7 Å². The summed E-state index contributed by atoms with van der Waals surface area (Å²) in [5.74, 6) is -0.292. The second-order valence-electron chi connectivity index (χ2n) is 6.23. The van der Waals surface area contributed by atoms with E-state index >= 15 is 0 Å². The molecule has 4 heterocycles. The van der Waals surface area contributed by atoms with Crippen LogP contribution in [0.25, 0.3) is 22.3 Å². The minimum absolute atomic E-state index is 0.247. The number of H-pyrrole nitrogens is 1. The molecule has 0 bridgehead atoms. The number of amides is 2. The number of pyridine rings is 2. The normalized spacial score (nSPS) is 13.2. The van der Waals surface area contributed by atoms with E-state index in [0.717, 1.165) is 10.5 Å². The zero-order valence-corrected chi connectivity index (χ0v) is 14.7. The summed E-state index contributed by atoms with van der Waals surface area (Å²) < 4.78 is 5.21. The number of nitrogens with one attached hydrogen (secondary N) is 1. The zero-order chi connectivity index (χ0) is 19.3. The minimum Gasteiger partial charge on any atom is -0.497 e. The van der Waals surface area contributed by atoms with Crippen molar-refractivity contribution in [1.82, 2.24) is 20.2 Å². The number of hydrogen-bond acceptors (Lipinski definition) is 6. The van der Waals surface area contributed by atoms with Crippen LogP contribution in [-0.2, 0) is 0 Å². The van der Waals surface area contributed by atoms with Crippen LogP contribution in [0.2, 0.25) is 0 Å². The monoisotopic (exact) mass is 371 g/mol. The lowest BCUT2D eigenvalue weighted by atomic mass is 10.0. The Kier molecular flexibility index (Phi) is 3.45. The van der Waals surface area contributed by atoms with Crippen LogP contribution in [0.5, 0.6) is 5.75 Å². The third kappa shape index (κ3) is 2.21. The molecular weight excluding hydrogens is 358 g/mol. The van der Waals surface area contributed by atoms with Gasteiger partial charge in [-0.05, 0) is 24.3 Å². The summed E-state index contributed by atoms with van der Waals surface area (Å²) in [6, 6.07) is 10.4. The zero-order valence-electron chi connectivity index (χ0n) is 14.7. The predicted molar refractivity (Wildman–Crippen MR) is 101 cm³/mol. The largest absolute Gasteiger partial charge is 0.497 e. The van der Waals surface area contributed by atoms with Crippen LogP contribution in [0.15, 0.2) is 55.0 Å². The Labute approximate surface area is 158 Å². The van der Waals surface area contributed by atoms with E-state index in [-0.39, 0.29) is 5.56 Å². The number of hydrogen-bond donors (Lipinski definition) is 1. The van der Waals surface area contributed by atoms with E-state index in [2.05, 4.69) is 20.2 Å². The third-order valence-electron chi connectivity index (χ3n) is 4.71. The minimum atomic E-state index is -0.426. The van der Waals surface area contributed by atoms with Crippen LogP contribution < -0.4 is 9.64 Å². The fourth-order valence-electron chi connectivity index (χ4n) is 3.41. The highest BCUT2D eigenvalue weighted by atomic mass is 16.5. The van der Waals surface area contributed by atoms with Crippen LogP contribution in [0, 0.1) is 0 Å². The first-order valence-electron chi connectivity index (χ1n) is 8.49. The highest BCUT2D eigenvalue weighted by Crippen LogP contribution is 2.36. The molecule has 8 nitrogen and oxygen atoms in total. The number of nitrogens with zero attached hydrogens (tertiary/aromatic N) is 4. The summed E-state index contributed by atoms with van der Waals surface area (Å²) in [4.78, 5) is 35.7. The SMILES string of the molecule is COc1cccc(N2C(=O)c3cnc4n[nH]c(-c5ccncc5)c4c3C2=O)c1. The number of methoxy groups -OCH3 is 1. The maximum atomic E-state index is 13.3. The Bertz CT molecular complexity index is 1250. The number of ether oxygens (including phenoxy) is 1. The molecule has 5 rings (SSSR count). The summed E-state index contributed by atoms with van der Waals surface area (Å²) in [5, 5.41) is 7.65. The van der Waals surface area contributed by atoms with E-state index in [4.69, 9.17) is 4.74 Å². The molecule has 1 aliphatic rings. The summed E-state index contributed by atoms with van der Waals surface area (Å²) >= 11 is 0. The van der Waals surface area contributed by atoms with E-state index < -0.39 is 11.8 Å². The smallest absolute Gasteiger partial charge is 0.267 e. The molecule has 2 amide bonds. The highest BCUT2D eigenvalue weighted by molar-refractivity contribution is 6.38. The molecule has 0 atom stereocenters. The molecule has 136 valence electrons. The summed E-state index contributed by atoms with van der Waals surface area (Å²) in [5.41, 5.74) is 2.77. The fourth-order valence-corrected chi connectivity index (χ4v) is 3.41. The lowest BCUT2D eigenvalue weighted by molar-refractivity contribution is 0.0926. The predicted octanol–water partition coefficient (Wildman–Crippen LogP) is 2.83. The molecule has 4 aromatic rings. The maximum Gasteiger partial charge on any atom is 0.267 e. The Hall–Kier alpha value is -4.07. The van der Waals surface area contributed by atoms with Crippen molar-refractivity contribution in [2.45, 2.75) is 0 Å². The van der Waals surface area contributed by atoms with Gasteiger partial charge in [-0.3, -0.25) is 19.7 Å². The van der Waals surface area contributed by atoms with Gasteiger partial charge >= 0.3 is 0 Å². The quantitative estimate of drug-likeness (QED) is 0.556. The van der Waals surface area contributed by atoms with Gasteiger partial charge in [0, 0.05) is 30.2 Å². The van der Waals surface area contributed by atoms with E-state index in [1.54, 1.807) is 48.8 Å². The van der Waals surface area contributed by atoms with Gasteiger partial charge in [-0.15, -0.1) is 0 Å². The molecule has 1 aromatic carbocycles. The van der Waals surface area contributed by atoms with E-state index in [1.165, 1.54) is 13.3 Å². The standard InChI is InChI=1S/C20H13N5O3/c1-28-13-4-2-3-12(9-13)25-19(26)14-10-22-18-16(15(14)20(25)27)17(23-24-18)11-5-7-21-8-6-11/h2-10H,1H3,(H,22,23,24). The van der Waals surface area contributed by atoms with Gasteiger partial charge in [0.15, 0.2) is 5.65 Å². The fraction of sp³-hybridized carbons (Fsp3) is 0.0500. The Morgan fingerprint density at radius 2 is 1.89 bits per heavy atom. The van der Waals surface area contributed by atoms with Gasteiger partial charge < -0.3 is 4.74 Å². The molecule has 8 heteroatoms. The number of anilines is 1. The average Bonchev–Trinajstić information content (AvgIpc) is 3.28. The Morgan fingerprint density at radius 3 is 2.68 bits per heavy atom. The Morgan fingerprint density at radius 1 is 1.07 bits per heavy atom. The number of fused-ring (bicyclic) bond motifs is 3. The first kappa shape index (κ1) is 16.1. The van der Waals surface area contributed by atoms with Gasteiger partial charge in [0.1, 0.15) is 5.75 Å². The van der Waals surface area contributed by atoms with Crippen molar-refractivity contribution >= 4 is 28.5 Å². The number of aromatic amines is 1. The molecule has 3 aromatic heterocycles. The number of carbonyl (C=O) groups is 2. The second-order valence-corrected chi connectivity index (χ2v) is 6.23. The van der Waals surface area contributed by atoms with Gasteiger partial charge in [0.25, 0.3) is 11.8 Å². The molecule has 0 fully saturated rings. The van der Waals surface area contributed by atoms with Crippen molar-refractivity contribution in [1.29, 1.82) is 0 Å². The number of imide groups is 1. The van der Waals surface area contributed by atoms with Crippen molar-refractivity contribution in [2.24, 2.45) is 0 Å². The first-order chi connectivity index (χ1) is 13.7. The molecule has 0 radical (unpaired) electrons. The van der Waals surface area contributed by atoms with E-state index in [9.17, 15) is 9.59 Å². The molecule has 0 spiro atoms. The van der Waals surface area contributed by atoms with Gasteiger partial charge in [0.05, 0.1) is 35.0 Å². The number of aromatic nitrogens is 4. The first-order valence-corrected chi connectivity index (χ1v) is 8.49. The molecular formula is C20H13N5O3. The lowest BCUT2D eigenvalue weighted by Gasteiger charge is -2.14. The highest BCUT2D eigenvalue weighted by Gasteiger charge is 2.40. The van der Waals surface area contributed by atoms with Gasteiger partial charge in [-0.25, -0.2) is 9.88 Å². The second kappa shape index (κ2) is 5.98. The molecule has 1 aliphatic heterocycles. The molecule has 1 N–H and O–H groups in total. The maximum absolute atomic E-state index is 13.3. The van der Waals surface area contributed by atoms with Crippen molar-refractivity contribution in [3.05, 3.63) is 66.1 Å². The molecule has 0 aliphatic carbocycles. The summed E-state index contributed by atoms with van der Waals surface area (Å²) in [6.45, 7) is 0. The molecule has 28 heavy (non-hydrogen) atoms. The number of benzene rings is 1. The van der Waals surface area contributed by atoms with Gasteiger partial charge in [0.2, 0.25) is 0 Å². The summed E-state index contributed by atoms with van der Waals surface area (Å²) in [6.07, 6.45) is 4.69. The Balaban J connectivity index is 1.72. The van der Waals surface area contributed by atoms with Crippen LogP contribution in [0.4, 0.5) is 5.69 Å². The number of rotatable bonds is 3. The average molecular weight is 371 g/mol. The summed E-state index contributed by atoms with van der Waals surface area (Å²) in [7, 11) is 1.53. The van der Waals surface area contributed by atoms with E-state index in [1.807, 2.05) is 0 Å². The van der Waals surface area contributed by atoms with Crippen molar-refractivity contribution in [3.63, 3.8) is 0 Å².